The Labute approximate surface area is 135 Å². The third-order valence-corrected chi connectivity index (χ3v) is 5.35. The molecule has 0 radical (unpaired) electrons. The van der Waals surface area contributed by atoms with E-state index in [1.807, 2.05) is 13.0 Å². The molecule has 3 rings (SSSR count). The zero-order valence-electron chi connectivity index (χ0n) is 13.3. The summed E-state index contributed by atoms with van der Waals surface area (Å²) < 4.78 is 26.0. The maximum absolute atomic E-state index is 13.0. The van der Waals surface area contributed by atoms with Crippen molar-refractivity contribution in [1.82, 2.24) is 5.32 Å². The molecule has 5 heteroatoms. The molecule has 0 amide bonds. The van der Waals surface area contributed by atoms with Crippen LogP contribution in [0.4, 0.5) is 8.78 Å². The van der Waals surface area contributed by atoms with Crippen molar-refractivity contribution in [2.24, 2.45) is 5.92 Å². The van der Waals surface area contributed by atoms with Crippen LogP contribution in [0.25, 0.3) is 0 Å². The molecular weight excluding hydrogens is 300 g/mol. The fourth-order valence-electron chi connectivity index (χ4n) is 3.80. The number of carboxylic acids is 1. The van der Waals surface area contributed by atoms with Gasteiger partial charge in [-0.2, -0.15) is 0 Å². The highest BCUT2D eigenvalue weighted by Gasteiger charge is 2.47. The molecule has 0 bridgehead atoms. The topological polar surface area (TPSA) is 49.3 Å². The lowest BCUT2D eigenvalue weighted by molar-refractivity contribution is -0.117. The Morgan fingerprint density at radius 2 is 2.17 bits per heavy atom. The van der Waals surface area contributed by atoms with Crippen LogP contribution in [0.2, 0.25) is 0 Å². The molecule has 1 aromatic rings. The number of benzene rings is 1. The molecule has 2 aliphatic carbocycles. The second-order valence-electron chi connectivity index (χ2n) is 7.03. The van der Waals surface area contributed by atoms with E-state index in [0.717, 1.165) is 31.4 Å². The summed E-state index contributed by atoms with van der Waals surface area (Å²) in [5, 5.41) is 12.6. The number of alkyl halides is 2. The summed E-state index contributed by atoms with van der Waals surface area (Å²) in [6.45, 7) is 2.69. The molecule has 3 nitrogen and oxygen atoms in total. The number of carbonyl (C=O) groups is 1. The van der Waals surface area contributed by atoms with Gasteiger partial charge in [-0.3, -0.25) is 0 Å². The van der Waals surface area contributed by atoms with Crippen LogP contribution < -0.4 is 5.32 Å². The van der Waals surface area contributed by atoms with E-state index < -0.39 is 11.9 Å². The summed E-state index contributed by atoms with van der Waals surface area (Å²) in [4.78, 5) is 11.2. The van der Waals surface area contributed by atoms with Gasteiger partial charge in [-0.25, -0.2) is 13.6 Å². The molecule has 0 saturated heterocycles. The van der Waals surface area contributed by atoms with Crippen molar-refractivity contribution in [3.63, 3.8) is 0 Å². The number of fused-ring (bicyclic) bond motifs is 1. The van der Waals surface area contributed by atoms with Gasteiger partial charge in [0.25, 0.3) is 0 Å². The van der Waals surface area contributed by atoms with Gasteiger partial charge in [-0.05, 0) is 61.3 Å². The van der Waals surface area contributed by atoms with Crippen molar-refractivity contribution in [3.05, 3.63) is 34.9 Å². The second-order valence-corrected chi connectivity index (χ2v) is 7.03. The van der Waals surface area contributed by atoms with Crippen LogP contribution in [0.5, 0.6) is 0 Å². The van der Waals surface area contributed by atoms with Gasteiger partial charge in [0.15, 0.2) is 0 Å². The van der Waals surface area contributed by atoms with Crippen molar-refractivity contribution in [1.29, 1.82) is 0 Å². The molecule has 23 heavy (non-hydrogen) atoms. The molecule has 1 aromatic carbocycles. The van der Waals surface area contributed by atoms with Crippen LogP contribution in [-0.2, 0) is 6.42 Å². The normalized spacial score (nSPS) is 24.6. The quantitative estimate of drug-likeness (QED) is 0.866. The summed E-state index contributed by atoms with van der Waals surface area (Å²) in [5.74, 6) is -3.08. The Balaban J connectivity index is 1.64. The van der Waals surface area contributed by atoms with Crippen LogP contribution in [-0.4, -0.2) is 29.6 Å². The van der Waals surface area contributed by atoms with E-state index >= 15 is 0 Å². The minimum atomic E-state index is -2.48. The van der Waals surface area contributed by atoms with Crippen molar-refractivity contribution in [3.8, 4) is 0 Å². The van der Waals surface area contributed by atoms with E-state index in [4.69, 9.17) is 5.11 Å². The fourth-order valence-corrected chi connectivity index (χ4v) is 3.80. The van der Waals surface area contributed by atoms with Crippen LogP contribution in [0.1, 0.15) is 60.0 Å². The van der Waals surface area contributed by atoms with Crippen LogP contribution in [0.3, 0.4) is 0 Å². The number of hydrogen-bond acceptors (Lipinski definition) is 2. The molecule has 2 unspecified atom stereocenters. The molecule has 0 aliphatic heterocycles. The van der Waals surface area contributed by atoms with Gasteiger partial charge in [-0.15, -0.1) is 0 Å². The lowest BCUT2D eigenvalue weighted by Gasteiger charge is -2.39. The first kappa shape index (κ1) is 16.4. The van der Waals surface area contributed by atoms with Crippen molar-refractivity contribution >= 4 is 5.97 Å². The summed E-state index contributed by atoms with van der Waals surface area (Å²) in [6, 6.07) is 5.44. The van der Waals surface area contributed by atoms with Gasteiger partial charge < -0.3 is 10.4 Å². The fraction of sp³-hybridized carbons (Fsp3) is 0.611. The van der Waals surface area contributed by atoms with Gasteiger partial charge in [0.05, 0.1) is 5.56 Å². The highest BCUT2D eigenvalue weighted by atomic mass is 19.3. The molecule has 2 aliphatic rings. The second kappa shape index (κ2) is 6.19. The molecule has 2 N–H and O–H groups in total. The lowest BCUT2D eigenvalue weighted by atomic mass is 9.76. The summed E-state index contributed by atoms with van der Waals surface area (Å²) in [5.41, 5.74) is 2.65. The first-order chi connectivity index (χ1) is 10.9. The standard InChI is InChI=1S/C18H23F2NO2/c1-11(15-8-18(19,20)9-15)21-10-14-4-2-3-12-5-6-13(17(22)23)7-16(12)14/h5-7,11,14-15,21H,2-4,8-10H2,1H3,(H,22,23). The van der Waals surface area contributed by atoms with Gasteiger partial charge in [0, 0.05) is 25.4 Å². The molecule has 1 fully saturated rings. The summed E-state index contributed by atoms with van der Waals surface area (Å²) in [6.07, 6.45) is 3.03. The number of rotatable bonds is 5. The van der Waals surface area contributed by atoms with E-state index in [-0.39, 0.29) is 30.7 Å². The zero-order chi connectivity index (χ0) is 16.6. The molecule has 0 spiro atoms. The molecule has 126 valence electrons. The average molecular weight is 323 g/mol. The number of aryl methyl sites for hydroxylation is 1. The van der Waals surface area contributed by atoms with Gasteiger partial charge in [0.2, 0.25) is 5.92 Å². The van der Waals surface area contributed by atoms with Crippen molar-refractivity contribution in [2.45, 2.75) is 56.9 Å². The number of carboxylic acid groups (broad SMARTS) is 1. The van der Waals surface area contributed by atoms with Gasteiger partial charge >= 0.3 is 5.97 Å². The maximum Gasteiger partial charge on any atom is 0.335 e. The Hall–Kier alpha value is -1.49. The van der Waals surface area contributed by atoms with E-state index in [0.29, 0.717) is 5.56 Å². The van der Waals surface area contributed by atoms with Gasteiger partial charge in [-0.1, -0.05) is 6.07 Å². The van der Waals surface area contributed by atoms with E-state index in [1.54, 1.807) is 12.1 Å². The number of aromatic carboxylic acids is 1. The minimum absolute atomic E-state index is 0.0222. The van der Waals surface area contributed by atoms with Crippen LogP contribution >= 0.6 is 0 Å². The predicted octanol–water partition coefficient (Wildman–Crippen LogP) is 3.83. The van der Waals surface area contributed by atoms with E-state index in [9.17, 15) is 13.6 Å². The van der Waals surface area contributed by atoms with Gasteiger partial charge in [0.1, 0.15) is 0 Å². The van der Waals surface area contributed by atoms with Crippen LogP contribution in [0.15, 0.2) is 18.2 Å². The third kappa shape index (κ3) is 3.55. The van der Waals surface area contributed by atoms with Crippen molar-refractivity contribution in [2.75, 3.05) is 6.54 Å². The van der Waals surface area contributed by atoms with Crippen molar-refractivity contribution < 1.29 is 18.7 Å². The SMILES string of the molecule is CC(NCC1CCCc2ccc(C(=O)O)cc21)C1CC(F)(F)C1. The van der Waals surface area contributed by atoms with Crippen LogP contribution in [0, 0.1) is 5.92 Å². The Bertz CT molecular complexity index is 595. The molecule has 1 saturated carbocycles. The third-order valence-electron chi connectivity index (χ3n) is 5.35. The highest BCUT2D eigenvalue weighted by Crippen LogP contribution is 2.44. The zero-order valence-corrected chi connectivity index (χ0v) is 13.3. The Kier molecular flexibility index (Phi) is 4.41. The predicted molar refractivity (Wildman–Crippen MR) is 84.2 cm³/mol. The number of halogens is 2. The smallest absolute Gasteiger partial charge is 0.335 e. The highest BCUT2D eigenvalue weighted by molar-refractivity contribution is 5.88. The average Bonchev–Trinajstić information content (AvgIpc) is 2.49. The number of nitrogens with one attached hydrogen (secondary N) is 1. The molecular formula is C18H23F2NO2. The number of hydrogen-bond donors (Lipinski definition) is 2. The lowest BCUT2D eigenvalue weighted by Crippen LogP contribution is -2.47. The minimum Gasteiger partial charge on any atom is -0.478 e. The Morgan fingerprint density at radius 1 is 1.43 bits per heavy atom. The first-order valence-electron chi connectivity index (χ1n) is 8.33. The molecule has 0 aromatic heterocycles. The first-order valence-corrected chi connectivity index (χ1v) is 8.33. The summed E-state index contributed by atoms with van der Waals surface area (Å²) >= 11 is 0. The summed E-state index contributed by atoms with van der Waals surface area (Å²) in [7, 11) is 0. The molecule has 2 atom stereocenters. The van der Waals surface area contributed by atoms with E-state index in [2.05, 4.69) is 5.32 Å². The monoisotopic (exact) mass is 323 g/mol. The Morgan fingerprint density at radius 3 is 2.83 bits per heavy atom. The van der Waals surface area contributed by atoms with E-state index in [1.165, 1.54) is 5.56 Å². The molecule has 0 heterocycles. The maximum atomic E-state index is 13.0. The largest absolute Gasteiger partial charge is 0.478 e.